The second-order valence-corrected chi connectivity index (χ2v) is 5.78. The number of morpholine rings is 1. The van der Waals surface area contributed by atoms with Crippen LogP contribution in [0.15, 0.2) is 30.3 Å². The van der Waals surface area contributed by atoms with E-state index in [0.717, 1.165) is 25.3 Å². The Kier molecular flexibility index (Phi) is 5.16. The van der Waals surface area contributed by atoms with Crippen LogP contribution in [0.3, 0.4) is 0 Å². The van der Waals surface area contributed by atoms with Crippen molar-refractivity contribution in [1.29, 1.82) is 0 Å². The Hall–Kier alpha value is -0.940. The lowest BCUT2D eigenvalue weighted by atomic mass is 9.89. The molecule has 2 rings (SSSR count). The van der Waals surface area contributed by atoms with Crippen molar-refractivity contribution in [3.05, 3.63) is 35.9 Å². The average Bonchev–Trinajstić information content (AvgIpc) is 2.49. The number of hydrogen-bond acceptors (Lipinski definition) is 4. The van der Waals surface area contributed by atoms with E-state index in [2.05, 4.69) is 36.2 Å². The van der Waals surface area contributed by atoms with Crippen molar-refractivity contribution in [3.63, 3.8) is 0 Å². The van der Waals surface area contributed by atoms with Gasteiger partial charge in [0.05, 0.1) is 24.9 Å². The summed E-state index contributed by atoms with van der Waals surface area (Å²) >= 11 is 0. The Morgan fingerprint density at radius 1 is 1.35 bits per heavy atom. The second-order valence-electron chi connectivity index (χ2n) is 5.78. The number of aliphatic hydroxyl groups is 1. The van der Waals surface area contributed by atoms with Gasteiger partial charge in [-0.3, -0.25) is 4.90 Å². The maximum Gasteiger partial charge on any atom is 0.0795 e. The highest BCUT2D eigenvalue weighted by molar-refractivity contribution is 5.25. The standard InChI is InChI=1S/C16H26N2O2/c1-13-10-20-14(2)9-18(13)11-16(12-19,17-3)15-7-5-4-6-8-15/h4-8,13-14,17,19H,9-12H2,1-3H3. The van der Waals surface area contributed by atoms with E-state index in [-0.39, 0.29) is 12.7 Å². The van der Waals surface area contributed by atoms with Crippen LogP contribution in [0, 0.1) is 0 Å². The topological polar surface area (TPSA) is 44.7 Å². The van der Waals surface area contributed by atoms with Crippen molar-refractivity contribution in [2.24, 2.45) is 0 Å². The molecule has 2 N–H and O–H groups in total. The van der Waals surface area contributed by atoms with Crippen LogP contribution in [-0.2, 0) is 10.3 Å². The Morgan fingerprint density at radius 3 is 2.65 bits per heavy atom. The molecule has 0 saturated carbocycles. The quantitative estimate of drug-likeness (QED) is 0.849. The summed E-state index contributed by atoms with van der Waals surface area (Å²) in [5.41, 5.74) is 0.698. The lowest BCUT2D eigenvalue weighted by molar-refractivity contribution is -0.0620. The average molecular weight is 278 g/mol. The van der Waals surface area contributed by atoms with Crippen molar-refractivity contribution in [1.82, 2.24) is 10.2 Å². The first kappa shape index (κ1) is 15.4. The molecular formula is C16H26N2O2. The van der Waals surface area contributed by atoms with Gasteiger partial charge in [-0.1, -0.05) is 30.3 Å². The zero-order valence-electron chi connectivity index (χ0n) is 12.7. The summed E-state index contributed by atoms with van der Waals surface area (Å²) in [5.74, 6) is 0. The van der Waals surface area contributed by atoms with E-state index in [4.69, 9.17) is 4.74 Å². The molecule has 1 fully saturated rings. The zero-order valence-corrected chi connectivity index (χ0v) is 12.7. The molecular weight excluding hydrogens is 252 g/mol. The first-order valence-electron chi connectivity index (χ1n) is 7.32. The smallest absolute Gasteiger partial charge is 0.0795 e. The summed E-state index contributed by atoms with van der Waals surface area (Å²) in [6.45, 7) is 6.78. The summed E-state index contributed by atoms with van der Waals surface area (Å²) in [7, 11) is 1.91. The van der Waals surface area contributed by atoms with Crippen LogP contribution in [0.5, 0.6) is 0 Å². The van der Waals surface area contributed by atoms with Gasteiger partial charge in [0.25, 0.3) is 0 Å². The minimum atomic E-state index is -0.424. The molecule has 3 atom stereocenters. The fourth-order valence-electron chi connectivity index (χ4n) is 2.83. The van der Waals surface area contributed by atoms with Gasteiger partial charge in [-0.05, 0) is 26.5 Å². The van der Waals surface area contributed by atoms with Gasteiger partial charge < -0.3 is 15.2 Å². The molecule has 1 aliphatic heterocycles. The van der Waals surface area contributed by atoms with Gasteiger partial charge in [-0.25, -0.2) is 0 Å². The third-order valence-electron chi connectivity index (χ3n) is 4.28. The largest absolute Gasteiger partial charge is 0.394 e. The van der Waals surface area contributed by atoms with Crippen LogP contribution in [0.2, 0.25) is 0 Å². The van der Waals surface area contributed by atoms with Crippen molar-refractivity contribution in [3.8, 4) is 0 Å². The Morgan fingerprint density at radius 2 is 2.05 bits per heavy atom. The van der Waals surface area contributed by atoms with E-state index in [0.29, 0.717) is 6.04 Å². The van der Waals surface area contributed by atoms with Gasteiger partial charge in [0, 0.05) is 19.1 Å². The number of nitrogens with one attached hydrogen (secondary N) is 1. The van der Waals surface area contributed by atoms with Crippen molar-refractivity contribution in [2.45, 2.75) is 31.5 Å². The van der Waals surface area contributed by atoms with Gasteiger partial charge >= 0.3 is 0 Å². The summed E-state index contributed by atoms with van der Waals surface area (Å²) < 4.78 is 5.68. The number of benzene rings is 1. The van der Waals surface area contributed by atoms with Crippen molar-refractivity contribution < 1.29 is 9.84 Å². The normalized spacial score (nSPS) is 27.2. The van der Waals surface area contributed by atoms with Crippen LogP contribution in [-0.4, -0.2) is 55.5 Å². The minimum Gasteiger partial charge on any atom is -0.394 e. The van der Waals surface area contributed by atoms with E-state index in [1.54, 1.807) is 0 Å². The molecule has 0 bridgehead atoms. The molecule has 0 aromatic heterocycles. The van der Waals surface area contributed by atoms with E-state index < -0.39 is 5.54 Å². The fourth-order valence-corrected chi connectivity index (χ4v) is 2.83. The summed E-state index contributed by atoms with van der Waals surface area (Å²) in [4.78, 5) is 2.40. The molecule has 1 heterocycles. The van der Waals surface area contributed by atoms with Gasteiger partial charge in [-0.2, -0.15) is 0 Å². The van der Waals surface area contributed by atoms with Crippen molar-refractivity contribution >= 4 is 0 Å². The first-order valence-corrected chi connectivity index (χ1v) is 7.32. The highest BCUT2D eigenvalue weighted by Crippen LogP contribution is 2.24. The van der Waals surface area contributed by atoms with E-state index >= 15 is 0 Å². The predicted molar refractivity (Wildman–Crippen MR) is 80.7 cm³/mol. The van der Waals surface area contributed by atoms with E-state index in [9.17, 15) is 5.11 Å². The van der Waals surface area contributed by atoms with Crippen molar-refractivity contribution in [2.75, 3.05) is 33.4 Å². The molecule has 20 heavy (non-hydrogen) atoms. The Bertz CT molecular complexity index is 406. The molecule has 0 aliphatic carbocycles. The number of hydrogen-bond donors (Lipinski definition) is 2. The van der Waals surface area contributed by atoms with Gasteiger partial charge in [0.2, 0.25) is 0 Å². The third-order valence-corrected chi connectivity index (χ3v) is 4.28. The molecule has 4 heteroatoms. The Balaban J connectivity index is 2.20. The molecule has 3 unspecified atom stereocenters. The number of rotatable bonds is 5. The monoisotopic (exact) mass is 278 g/mol. The maximum atomic E-state index is 9.99. The zero-order chi connectivity index (χ0) is 14.6. The molecule has 1 aliphatic rings. The molecule has 1 saturated heterocycles. The number of nitrogens with zero attached hydrogens (tertiary/aromatic N) is 1. The van der Waals surface area contributed by atoms with Gasteiger partial charge in [0.15, 0.2) is 0 Å². The van der Waals surface area contributed by atoms with Gasteiger partial charge in [0.1, 0.15) is 0 Å². The molecule has 1 aromatic rings. The number of likely N-dealkylation sites (N-methyl/N-ethyl adjacent to an activating group) is 1. The number of aliphatic hydroxyl groups excluding tert-OH is 1. The lowest BCUT2D eigenvalue weighted by Crippen LogP contribution is -2.57. The number of ether oxygens (including phenoxy) is 1. The molecule has 4 nitrogen and oxygen atoms in total. The van der Waals surface area contributed by atoms with E-state index in [1.807, 2.05) is 25.2 Å². The van der Waals surface area contributed by atoms with Crippen LogP contribution < -0.4 is 5.32 Å². The predicted octanol–water partition coefficient (Wildman–Crippen LogP) is 1.20. The molecule has 0 spiro atoms. The second kappa shape index (κ2) is 6.68. The van der Waals surface area contributed by atoms with Gasteiger partial charge in [-0.15, -0.1) is 0 Å². The molecule has 112 valence electrons. The Labute approximate surface area is 121 Å². The SMILES string of the molecule is CNC(CO)(CN1CC(C)OCC1C)c1ccccc1. The van der Waals surface area contributed by atoms with Crippen LogP contribution in [0.1, 0.15) is 19.4 Å². The van der Waals surface area contributed by atoms with Crippen LogP contribution >= 0.6 is 0 Å². The molecule has 1 aromatic carbocycles. The summed E-state index contributed by atoms with van der Waals surface area (Å²) in [6.07, 6.45) is 0.246. The van der Waals surface area contributed by atoms with Crippen LogP contribution in [0.4, 0.5) is 0 Å². The third kappa shape index (κ3) is 3.20. The first-order chi connectivity index (χ1) is 9.61. The molecule has 0 amide bonds. The lowest BCUT2D eigenvalue weighted by Gasteiger charge is -2.43. The van der Waals surface area contributed by atoms with E-state index in [1.165, 1.54) is 0 Å². The summed E-state index contributed by atoms with van der Waals surface area (Å²) in [6, 6.07) is 10.5. The molecule has 0 radical (unpaired) electrons. The fraction of sp³-hybridized carbons (Fsp3) is 0.625. The highest BCUT2D eigenvalue weighted by atomic mass is 16.5. The maximum absolute atomic E-state index is 9.99. The van der Waals surface area contributed by atoms with Crippen LogP contribution in [0.25, 0.3) is 0 Å². The minimum absolute atomic E-state index is 0.0754. The highest BCUT2D eigenvalue weighted by Gasteiger charge is 2.35. The summed E-state index contributed by atoms with van der Waals surface area (Å²) in [5, 5.41) is 13.3.